The third kappa shape index (κ3) is 6.51. The second-order valence-electron chi connectivity index (χ2n) is 7.61. The predicted octanol–water partition coefficient (Wildman–Crippen LogP) is 6.68. The van der Waals surface area contributed by atoms with E-state index in [0.29, 0.717) is 17.2 Å². The van der Waals surface area contributed by atoms with Gasteiger partial charge in [-0.1, -0.05) is 44.2 Å². The number of carbonyl (C=O) groups excluding carboxylic acids is 1. The quantitative estimate of drug-likeness (QED) is 0.395. The first-order chi connectivity index (χ1) is 15.2. The Hall–Kier alpha value is -3.48. The van der Waals surface area contributed by atoms with Crippen molar-refractivity contribution in [2.45, 2.75) is 32.7 Å². The number of benzene rings is 3. The number of alkyl halides is 3. The molecule has 0 amide bonds. The fourth-order valence-electron chi connectivity index (χ4n) is 3.00. The summed E-state index contributed by atoms with van der Waals surface area (Å²) < 4.78 is 49.5. The van der Waals surface area contributed by atoms with Gasteiger partial charge in [0, 0.05) is 5.69 Å². The molecule has 0 aliphatic carbocycles. The van der Waals surface area contributed by atoms with Gasteiger partial charge in [-0.25, -0.2) is 4.79 Å². The highest BCUT2D eigenvalue weighted by molar-refractivity contribution is 5.79. The SMILES string of the molecule is CC(C)C(Nc1ccc(C(F)(F)F)cc1)C(=O)OCc1cccc(Oc2ccccc2)c1. The number of carbonyl (C=O) groups is 1. The number of rotatable bonds is 8. The lowest BCUT2D eigenvalue weighted by Gasteiger charge is -2.22. The van der Waals surface area contributed by atoms with Crippen LogP contribution in [0.4, 0.5) is 18.9 Å². The van der Waals surface area contributed by atoms with Gasteiger partial charge in [-0.2, -0.15) is 13.2 Å². The number of hydrogen-bond acceptors (Lipinski definition) is 4. The molecule has 1 atom stereocenters. The standard InChI is InChI=1S/C25H24F3NO3/c1-17(2)23(29-20-13-11-19(12-14-20)25(26,27)28)24(30)31-16-18-7-6-10-22(15-18)32-21-8-4-3-5-9-21/h3-15,17,23,29H,16H2,1-2H3. The molecule has 32 heavy (non-hydrogen) atoms. The fraction of sp³-hybridized carbons (Fsp3) is 0.240. The van der Waals surface area contributed by atoms with E-state index in [1.54, 1.807) is 12.1 Å². The van der Waals surface area contributed by atoms with Crippen LogP contribution >= 0.6 is 0 Å². The minimum Gasteiger partial charge on any atom is -0.459 e. The molecule has 3 rings (SSSR count). The van der Waals surface area contributed by atoms with E-state index in [-0.39, 0.29) is 12.5 Å². The molecule has 3 aromatic rings. The number of anilines is 1. The highest BCUT2D eigenvalue weighted by atomic mass is 19.4. The van der Waals surface area contributed by atoms with Gasteiger partial charge in [0.2, 0.25) is 0 Å². The van der Waals surface area contributed by atoms with Gasteiger partial charge >= 0.3 is 12.1 Å². The fourth-order valence-corrected chi connectivity index (χ4v) is 3.00. The summed E-state index contributed by atoms with van der Waals surface area (Å²) in [4.78, 5) is 12.7. The lowest BCUT2D eigenvalue weighted by atomic mass is 10.0. The van der Waals surface area contributed by atoms with E-state index in [2.05, 4.69) is 5.32 Å². The number of halogens is 3. The van der Waals surface area contributed by atoms with E-state index in [4.69, 9.17) is 9.47 Å². The summed E-state index contributed by atoms with van der Waals surface area (Å²) in [6.07, 6.45) is -4.41. The Balaban J connectivity index is 1.61. The molecule has 0 saturated carbocycles. The summed E-state index contributed by atoms with van der Waals surface area (Å²) >= 11 is 0. The van der Waals surface area contributed by atoms with Crippen molar-refractivity contribution in [2.24, 2.45) is 5.92 Å². The minimum atomic E-state index is -4.41. The third-order valence-electron chi connectivity index (χ3n) is 4.71. The molecule has 0 radical (unpaired) electrons. The van der Waals surface area contributed by atoms with Crippen LogP contribution in [0.2, 0.25) is 0 Å². The number of ether oxygens (including phenoxy) is 2. The summed E-state index contributed by atoms with van der Waals surface area (Å²) in [5, 5.41) is 2.97. The minimum absolute atomic E-state index is 0.0444. The van der Waals surface area contributed by atoms with E-state index in [9.17, 15) is 18.0 Å². The van der Waals surface area contributed by atoms with Crippen molar-refractivity contribution in [1.29, 1.82) is 0 Å². The molecule has 0 fully saturated rings. The van der Waals surface area contributed by atoms with E-state index in [1.807, 2.05) is 56.3 Å². The summed E-state index contributed by atoms with van der Waals surface area (Å²) in [5.41, 5.74) is 0.417. The molecule has 0 aromatic heterocycles. The summed E-state index contributed by atoms with van der Waals surface area (Å²) in [5.74, 6) is 0.683. The molecule has 0 spiro atoms. The molecular formula is C25H24F3NO3. The largest absolute Gasteiger partial charge is 0.459 e. The average Bonchev–Trinajstić information content (AvgIpc) is 2.76. The topological polar surface area (TPSA) is 47.6 Å². The molecule has 0 bridgehead atoms. The molecule has 0 aliphatic rings. The van der Waals surface area contributed by atoms with E-state index in [0.717, 1.165) is 17.7 Å². The maximum atomic E-state index is 12.7. The summed E-state index contributed by atoms with van der Waals surface area (Å²) in [6.45, 7) is 3.71. The zero-order valence-electron chi connectivity index (χ0n) is 17.7. The maximum absolute atomic E-state index is 12.7. The van der Waals surface area contributed by atoms with Crippen molar-refractivity contribution in [1.82, 2.24) is 0 Å². The Morgan fingerprint density at radius 1 is 0.906 bits per heavy atom. The Morgan fingerprint density at radius 2 is 1.56 bits per heavy atom. The van der Waals surface area contributed by atoms with Crippen LogP contribution < -0.4 is 10.1 Å². The van der Waals surface area contributed by atoms with E-state index < -0.39 is 23.8 Å². The number of nitrogens with one attached hydrogen (secondary N) is 1. The summed E-state index contributed by atoms with van der Waals surface area (Å²) in [6, 6.07) is 20.4. The van der Waals surface area contributed by atoms with Gasteiger partial charge in [0.25, 0.3) is 0 Å². The van der Waals surface area contributed by atoms with Crippen molar-refractivity contribution in [3.05, 3.63) is 90.0 Å². The van der Waals surface area contributed by atoms with Gasteiger partial charge in [-0.05, 0) is 60.0 Å². The van der Waals surface area contributed by atoms with Crippen molar-refractivity contribution in [3.63, 3.8) is 0 Å². The van der Waals surface area contributed by atoms with Crippen molar-refractivity contribution >= 4 is 11.7 Å². The van der Waals surface area contributed by atoms with Crippen LogP contribution in [0, 0.1) is 5.92 Å². The van der Waals surface area contributed by atoms with Crippen LogP contribution in [0.15, 0.2) is 78.9 Å². The Morgan fingerprint density at radius 3 is 2.19 bits per heavy atom. The Bertz CT molecular complexity index is 1020. The van der Waals surface area contributed by atoms with Crippen LogP contribution in [-0.2, 0) is 22.3 Å². The lowest BCUT2D eigenvalue weighted by molar-refractivity contribution is -0.147. The number of hydrogen-bond donors (Lipinski definition) is 1. The normalized spacial score (nSPS) is 12.3. The maximum Gasteiger partial charge on any atom is 0.416 e. The molecule has 7 heteroatoms. The number of esters is 1. The zero-order valence-corrected chi connectivity index (χ0v) is 17.7. The third-order valence-corrected chi connectivity index (χ3v) is 4.71. The smallest absolute Gasteiger partial charge is 0.416 e. The molecule has 168 valence electrons. The molecule has 0 aliphatic heterocycles. The predicted molar refractivity (Wildman–Crippen MR) is 116 cm³/mol. The van der Waals surface area contributed by atoms with Crippen LogP contribution in [-0.4, -0.2) is 12.0 Å². The zero-order chi connectivity index (χ0) is 23.1. The second kappa shape index (κ2) is 10.2. The van der Waals surface area contributed by atoms with Gasteiger partial charge in [-0.3, -0.25) is 0 Å². The van der Waals surface area contributed by atoms with Crippen molar-refractivity contribution < 1.29 is 27.4 Å². The highest BCUT2D eigenvalue weighted by Crippen LogP contribution is 2.30. The van der Waals surface area contributed by atoms with E-state index in [1.165, 1.54) is 12.1 Å². The van der Waals surface area contributed by atoms with Crippen LogP contribution in [0.1, 0.15) is 25.0 Å². The van der Waals surface area contributed by atoms with Gasteiger partial charge in [0.05, 0.1) is 5.56 Å². The van der Waals surface area contributed by atoms with Gasteiger partial charge in [-0.15, -0.1) is 0 Å². The first kappa shape index (κ1) is 23.2. The van der Waals surface area contributed by atoms with Crippen molar-refractivity contribution in [2.75, 3.05) is 5.32 Å². The molecule has 0 saturated heterocycles. The average molecular weight is 443 g/mol. The Kier molecular flexibility index (Phi) is 7.41. The molecule has 4 nitrogen and oxygen atoms in total. The monoisotopic (exact) mass is 443 g/mol. The molecular weight excluding hydrogens is 419 g/mol. The second-order valence-corrected chi connectivity index (χ2v) is 7.61. The summed E-state index contributed by atoms with van der Waals surface area (Å²) in [7, 11) is 0. The first-order valence-corrected chi connectivity index (χ1v) is 10.1. The van der Waals surface area contributed by atoms with E-state index >= 15 is 0 Å². The van der Waals surface area contributed by atoms with Crippen LogP contribution in [0.3, 0.4) is 0 Å². The number of para-hydroxylation sites is 1. The molecule has 1 N–H and O–H groups in total. The van der Waals surface area contributed by atoms with Crippen molar-refractivity contribution in [3.8, 4) is 11.5 Å². The van der Waals surface area contributed by atoms with Gasteiger partial charge < -0.3 is 14.8 Å². The van der Waals surface area contributed by atoms with Gasteiger partial charge in [0.1, 0.15) is 24.1 Å². The van der Waals surface area contributed by atoms with Crippen LogP contribution in [0.5, 0.6) is 11.5 Å². The van der Waals surface area contributed by atoms with Gasteiger partial charge in [0.15, 0.2) is 0 Å². The Labute approximate surface area is 185 Å². The van der Waals surface area contributed by atoms with Crippen LogP contribution in [0.25, 0.3) is 0 Å². The molecule has 3 aromatic carbocycles. The molecule has 0 heterocycles. The highest BCUT2D eigenvalue weighted by Gasteiger charge is 2.30. The molecule has 1 unspecified atom stereocenters. The lowest BCUT2D eigenvalue weighted by Crippen LogP contribution is -2.36. The first-order valence-electron chi connectivity index (χ1n) is 10.1.